The van der Waals surface area contributed by atoms with Crippen molar-refractivity contribution in [2.75, 3.05) is 10.7 Å². The zero-order valence-corrected chi connectivity index (χ0v) is 13.4. The molecule has 0 bridgehead atoms. The second-order valence-corrected chi connectivity index (χ2v) is 6.48. The molecule has 1 atom stereocenters. The molecule has 1 amide bonds. The lowest BCUT2D eigenvalue weighted by Crippen LogP contribution is -2.28. The van der Waals surface area contributed by atoms with Crippen LogP contribution in [-0.2, 0) is 4.79 Å². The smallest absolute Gasteiger partial charge is 0.335 e. The summed E-state index contributed by atoms with van der Waals surface area (Å²) in [6.07, 6.45) is 0. The molecule has 1 heterocycles. The summed E-state index contributed by atoms with van der Waals surface area (Å²) in [4.78, 5) is 24.8. The van der Waals surface area contributed by atoms with Crippen LogP contribution in [0.25, 0.3) is 0 Å². The van der Waals surface area contributed by atoms with E-state index in [-0.39, 0.29) is 17.2 Å². The van der Waals surface area contributed by atoms with Crippen molar-refractivity contribution in [3.63, 3.8) is 0 Å². The lowest BCUT2D eigenvalue weighted by atomic mass is 10.1. The van der Waals surface area contributed by atoms with Crippen molar-refractivity contribution < 1.29 is 23.5 Å². The number of anilines is 1. The fraction of sp³-hybridized carbons (Fsp3) is 0.176. The summed E-state index contributed by atoms with van der Waals surface area (Å²) < 4.78 is 26.7. The van der Waals surface area contributed by atoms with E-state index in [0.717, 1.165) is 12.1 Å². The summed E-state index contributed by atoms with van der Waals surface area (Å²) in [5.74, 6) is -2.92. The molecule has 1 aliphatic rings. The first-order valence-corrected chi connectivity index (χ1v) is 8.16. The quantitative estimate of drug-likeness (QED) is 0.917. The van der Waals surface area contributed by atoms with Gasteiger partial charge >= 0.3 is 5.97 Å². The first-order chi connectivity index (χ1) is 11.4. The molecule has 0 radical (unpaired) electrons. The van der Waals surface area contributed by atoms with Crippen LogP contribution in [0, 0.1) is 18.6 Å². The van der Waals surface area contributed by atoms with E-state index in [4.69, 9.17) is 5.11 Å². The number of rotatable bonds is 3. The van der Waals surface area contributed by atoms with Crippen molar-refractivity contribution in [2.24, 2.45) is 0 Å². The molecule has 7 heteroatoms. The molecule has 1 fully saturated rings. The number of thioether (sulfide) groups is 1. The van der Waals surface area contributed by atoms with Gasteiger partial charge in [-0.2, -0.15) is 0 Å². The molecule has 2 aromatic rings. The highest BCUT2D eigenvalue weighted by molar-refractivity contribution is 8.00. The largest absolute Gasteiger partial charge is 0.478 e. The number of carboxylic acids is 1. The number of carbonyl (C=O) groups excluding carboxylic acids is 1. The van der Waals surface area contributed by atoms with Gasteiger partial charge in [-0.15, -0.1) is 11.8 Å². The number of benzene rings is 2. The van der Waals surface area contributed by atoms with Gasteiger partial charge in [-0.25, -0.2) is 13.6 Å². The Morgan fingerprint density at radius 1 is 1.21 bits per heavy atom. The predicted octanol–water partition coefficient (Wildman–Crippen LogP) is 3.75. The summed E-state index contributed by atoms with van der Waals surface area (Å²) >= 11 is 1.31. The predicted molar refractivity (Wildman–Crippen MR) is 87.2 cm³/mol. The van der Waals surface area contributed by atoms with Crippen LogP contribution in [-0.4, -0.2) is 22.7 Å². The van der Waals surface area contributed by atoms with E-state index in [0.29, 0.717) is 16.8 Å². The normalized spacial score (nSPS) is 17.4. The zero-order valence-electron chi connectivity index (χ0n) is 12.6. The van der Waals surface area contributed by atoms with Crippen LogP contribution in [0.2, 0.25) is 0 Å². The van der Waals surface area contributed by atoms with Crippen LogP contribution in [0.15, 0.2) is 36.4 Å². The van der Waals surface area contributed by atoms with E-state index in [1.54, 1.807) is 13.0 Å². The molecule has 1 saturated heterocycles. The van der Waals surface area contributed by atoms with Crippen LogP contribution in [0.1, 0.15) is 26.9 Å². The second-order valence-electron chi connectivity index (χ2n) is 5.41. The van der Waals surface area contributed by atoms with Crippen molar-refractivity contribution in [1.29, 1.82) is 0 Å². The molecule has 1 unspecified atom stereocenters. The Balaban J connectivity index is 2.02. The van der Waals surface area contributed by atoms with Gasteiger partial charge in [-0.05, 0) is 48.4 Å². The van der Waals surface area contributed by atoms with Gasteiger partial charge in [-0.3, -0.25) is 9.69 Å². The van der Waals surface area contributed by atoms with Crippen LogP contribution in [0.5, 0.6) is 0 Å². The van der Waals surface area contributed by atoms with E-state index in [9.17, 15) is 18.4 Å². The van der Waals surface area contributed by atoms with Gasteiger partial charge in [-0.1, -0.05) is 6.07 Å². The summed E-state index contributed by atoms with van der Waals surface area (Å²) in [5, 5.41) is 8.56. The Kier molecular flexibility index (Phi) is 4.28. The minimum absolute atomic E-state index is 0.125. The van der Waals surface area contributed by atoms with E-state index in [2.05, 4.69) is 0 Å². The second kappa shape index (κ2) is 6.24. The fourth-order valence-electron chi connectivity index (χ4n) is 2.66. The molecule has 2 aromatic carbocycles. The summed E-state index contributed by atoms with van der Waals surface area (Å²) in [6.45, 7) is 1.71. The van der Waals surface area contributed by atoms with E-state index < -0.39 is 23.0 Å². The molecular weight excluding hydrogens is 336 g/mol. The first kappa shape index (κ1) is 16.4. The average molecular weight is 349 g/mol. The third kappa shape index (κ3) is 2.87. The standard InChI is InChI=1S/C17H13F2NO3S/c1-9-6-11(17(22)23)3-5-14(9)20-15(21)8-24-16(20)10-2-4-12(18)13(19)7-10/h2-7,16H,8H2,1H3,(H,22,23). The molecule has 1 N–H and O–H groups in total. The Morgan fingerprint density at radius 2 is 1.96 bits per heavy atom. The maximum absolute atomic E-state index is 13.5. The summed E-state index contributed by atoms with van der Waals surface area (Å²) in [7, 11) is 0. The van der Waals surface area contributed by atoms with Gasteiger partial charge in [0.15, 0.2) is 11.6 Å². The molecule has 1 aliphatic heterocycles. The molecular formula is C17H13F2NO3S. The van der Waals surface area contributed by atoms with Crippen LogP contribution in [0.3, 0.4) is 0 Å². The number of carbonyl (C=O) groups is 2. The SMILES string of the molecule is Cc1cc(C(=O)O)ccc1N1C(=O)CSC1c1ccc(F)c(F)c1. The minimum atomic E-state index is -1.05. The summed E-state index contributed by atoms with van der Waals surface area (Å²) in [6, 6.07) is 8.03. The van der Waals surface area contributed by atoms with Gasteiger partial charge < -0.3 is 5.11 Å². The van der Waals surface area contributed by atoms with E-state index in [1.807, 2.05) is 0 Å². The van der Waals surface area contributed by atoms with Gasteiger partial charge in [0.05, 0.1) is 11.3 Å². The van der Waals surface area contributed by atoms with Crippen molar-refractivity contribution in [1.82, 2.24) is 0 Å². The first-order valence-electron chi connectivity index (χ1n) is 7.11. The van der Waals surface area contributed by atoms with Crippen molar-refractivity contribution >= 4 is 29.3 Å². The molecule has 3 rings (SSSR count). The Bertz CT molecular complexity index is 841. The number of amides is 1. The number of hydrogen-bond acceptors (Lipinski definition) is 3. The third-order valence-electron chi connectivity index (χ3n) is 3.80. The van der Waals surface area contributed by atoms with Gasteiger partial charge in [0, 0.05) is 5.69 Å². The number of aromatic carboxylic acids is 1. The molecule has 24 heavy (non-hydrogen) atoms. The van der Waals surface area contributed by atoms with Crippen molar-refractivity contribution in [3.05, 3.63) is 64.7 Å². The maximum Gasteiger partial charge on any atom is 0.335 e. The number of carboxylic acid groups (broad SMARTS) is 1. The van der Waals surface area contributed by atoms with Crippen LogP contribution in [0.4, 0.5) is 14.5 Å². The van der Waals surface area contributed by atoms with E-state index >= 15 is 0 Å². The monoisotopic (exact) mass is 349 g/mol. The topological polar surface area (TPSA) is 57.6 Å². The highest BCUT2D eigenvalue weighted by Crippen LogP contribution is 2.43. The highest BCUT2D eigenvalue weighted by atomic mass is 32.2. The van der Waals surface area contributed by atoms with Crippen molar-refractivity contribution in [2.45, 2.75) is 12.3 Å². The third-order valence-corrected chi connectivity index (χ3v) is 5.01. The molecule has 124 valence electrons. The van der Waals surface area contributed by atoms with Crippen LogP contribution < -0.4 is 4.90 Å². The number of halogens is 2. The summed E-state index contributed by atoms with van der Waals surface area (Å²) in [5.41, 5.74) is 1.79. The Hall–Kier alpha value is -2.41. The van der Waals surface area contributed by atoms with Crippen molar-refractivity contribution in [3.8, 4) is 0 Å². The molecule has 0 saturated carbocycles. The lowest BCUT2D eigenvalue weighted by Gasteiger charge is -2.26. The van der Waals surface area contributed by atoms with Gasteiger partial charge in [0.1, 0.15) is 5.37 Å². The van der Waals surface area contributed by atoms with Crippen LogP contribution >= 0.6 is 11.8 Å². The molecule has 4 nitrogen and oxygen atoms in total. The number of nitrogens with zero attached hydrogens (tertiary/aromatic N) is 1. The van der Waals surface area contributed by atoms with E-state index in [1.165, 1.54) is 34.9 Å². The number of aryl methyl sites for hydroxylation is 1. The Labute approximate surface area is 141 Å². The van der Waals surface area contributed by atoms with Gasteiger partial charge in [0.2, 0.25) is 5.91 Å². The number of hydrogen-bond donors (Lipinski definition) is 1. The highest BCUT2D eigenvalue weighted by Gasteiger charge is 2.35. The molecule has 0 aliphatic carbocycles. The fourth-order valence-corrected chi connectivity index (χ4v) is 3.81. The zero-order chi connectivity index (χ0) is 17.4. The Morgan fingerprint density at radius 3 is 2.58 bits per heavy atom. The minimum Gasteiger partial charge on any atom is -0.478 e. The maximum atomic E-state index is 13.5. The average Bonchev–Trinajstić information content (AvgIpc) is 2.91. The lowest BCUT2D eigenvalue weighted by molar-refractivity contribution is -0.115. The van der Waals surface area contributed by atoms with Gasteiger partial charge in [0.25, 0.3) is 0 Å². The molecule has 0 aromatic heterocycles. The molecule has 0 spiro atoms.